The van der Waals surface area contributed by atoms with Crippen molar-refractivity contribution in [1.82, 2.24) is 0 Å². The van der Waals surface area contributed by atoms with E-state index in [1.54, 1.807) is 0 Å². The maximum atomic E-state index is 6.96. The maximum absolute atomic E-state index is 6.96. The number of halogens is 1. The fraction of sp³-hybridized carbons (Fsp3) is 0.684. The summed E-state index contributed by atoms with van der Waals surface area (Å²) in [7, 11) is 0. The molecule has 0 amide bonds. The molecule has 0 bridgehead atoms. The minimum absolute atomic E-state index is 0.249. The van der Waals surface area contributed by atoms with Gasteiger partial charge >= 0.3 is 0 Å². The molecule has 1 aromatic carbocycles. The fourth-order valence-corrected chi connectivity index (χ4v) is 4.72. The molecule has 0 nitrogen and oxygen atoms in total. The Kier molecular flexibility index (Phi) is 4.13. The molecule has 110 valence electrons. The average Bonchev–Trinajstić information content (AvgIpc) is 3.10. The highest BCUT2D eigenvalue weighted by Crippen LogP contribution is 2.58. The van der Waals surface area contributed by atoms with E-state index in [1.165, 1.54) is 41.5 Å². The highest BCUT2D eigenvalue weighted by atomic mass is 35.5. The zero-order valence-corrected chi connectivity index (χ0v) is 13.8. The van der Waals surface area contributed by atoms with Crippen LogP contribution in [-0.2, 0) is 19.3 Å². The molecule has 0 aromatic heterocycles. The van der Waals surface area contributed by atoms with Gasteiger partial charge in [0.1, 0.15) is 0 Å². The molecule has 0 aliphatic heterocycles. The largest absolute Gasteiger partial charge is 0.118 e. The lowest BCUT2D eigenvalue weighted by Gasteiger charge is -2.25. The summed E-state index contributed by atoms with van der Waals surface area (Å²) in [5, 5.41) is 0.249. The Morgan fingerprint density at radius 2 is 1.50 bits per heavy atom. The van der Waals surface area contributed by atoms with Crippen molar-refractivity contribution in [3.63, 3.8) is 0 Å². The molecule has 0 N–H and O–H groups in total. The Morgan fingerprint density at radius 1 is 0.950 bits per heavy atom. The van der Waals surface area contributed by atoms with Crippen molar-refractivity contribution in [2.45, 2.75) is 64.7 Å². The van der Waals surface area contributed by atoms with Gasteiger partial charge in [0.2, 0.25) is 0 Å². The first-order valence-corrected chi connectivity index (χ1v) is 8.90. The molecule has 20 heavy (non-hydrogen) atoms. The average molecular weight is 291 g/mol. The van der Waals surface area contributed by atoms with E-state index in [0.29, 0.717) is 0 Å². The Bertz CT molecular complexity index is 456. The first-order chi connectivity index (χ1) is 9.67. The first kappa shape index (κ1) is 14.4. The predicted molar refractivity (Wildman–Crippen MR) is 87.5 cm³/mol. The van der Waals surface area contributed by atoms with Crippen molar-refractivity contribution in [1.29, 1.82) is 0 Å². The summed E-state index contributed by atoms with van der Waals surface area (Å²) in [4.78, 5) is 0. The molecule has 0 heterocycles. The highest BCUT2D eigenvalue weighted by molar-refractivity contribution is 6.21. The van der Waals surface area contributed by atoms with Gasteiger partial charge in [0.05, 0.1) is 5.38 Å². The molecule has 3 atom stereocenters. The maximum Gasteiger partial charge on any atom is 0.0618 e. The van der Waals surface area contributed by atoms with Crippen LogP contribution >= 0.6 is 11.6 Å². The highest BCUT2D eigenvalue weighted by Gasteiger charge is 2.48. The Labute approximate surface area is 128 Å². The van der Waals surface area contributed by atoms with Crippen molar-refractivity contribution < 1.29 is 0 Å². The number of benzene rings is 1. The van der Waals surface area contributed by atoms with Gasteiger partial charge in [-0.2, -0.15) is 0 Å². The van der Waals surface area contributed by atoms with E-state index < -0.39 is 0 Å². The molecule has 0 spiro atoms. The monoisotopic (exact) mass is 290 g/mol. The molecule has 2 aliphatic carbocycles. The fourth-order valence-electron chi connectivity index (χ4n) is 4.23. The second kappa shape index (κ2) is 5.72. The SMILES string of the molecule is CCc1cc(CC)c(C(Cl)C2CC3CC3C2)c(CC)c1. The van der Waals surface area contributed by atoms with E-state index in [9.17, 15) is 0 Å². The predicted octanol–water partition coefficient (Wildman–Crippen LogP) is 5.70. The summed E-state index contributed by atoms with van der Waals surface area (Å²) < 4.78 is 0. The summed E-state index contributed by atoms with van der Waals surface area (Å²) >= 11 is 6.96. The van der Waals surface area contributed by atoms with Crippen molar-refractivity contribution in [3.05, 3.63) is 34.4 Å². The van der Waals surface area contributed by atoms with Gasteiger partial charge in [-0.1, -0.05) is 32.9 Å². The van der Waals surface area contributed by atoms with Gasteiger partial charge in [0.25, 0.3) is 0 Å². The van der Waals surface area contributed by atoms with Crippen LogP contribution in [0.3, 0.4) is 0 Å². The van der Waals surface area contributed by atoms with E-state index in [1.807, 2.05) is 0 Å². The molecule has 2 saturated carbocycles. The van der Waals surface area contributed by atoms with Crippen molar-refractivity contribution in [2.75, 3.05) is 0 Å². The standard InChI is InChI=1S/C19H27Cl/c1-4-12-7-13(5-2)18(14(6-3)8-12)19(20)17-10-15-9-16(15)11-17/h7-8,15-17,19H,4-6,9-11H2,1-3H3. The zero-order valence-electron chi connectivity index (χ0n) is 13.1. The van der Waals surface area contributed by atoms with Crippen LogP contribution in [-0.4, -0.2) is 0 Å². The van der Waals surface area contributed by atoms with Gasteiger partial charge in [-0.25, -0.2) is 0 Å². The molecule has 3 rings (SSSR count). The van der Waals surface area contributed by atoms with Crippen LogP contribution in [0.15, 0.2) is 12.1 Å². The lowest BCUT2D eigenvalue weighted by Crippen LogP contribution is -2.11. The molecular weight excluding hydrogens is 264 g/mol. The third-order valence-electron chi connectivity index (χ3n) is 5.55. The van der Waals surface area contributed by atoms with Crippen LogP contribution in [0, 0.1) is 17.8 Å². The van der Waals surface area contributed by atoms with E-state index in [4.69, 9.17) is 11.6 Å². The van der Waals surface area contributed by atoms with E-state index in [-0.39, 0.29) is 5.38 Å². The van der Waals surface area contributed by atoms with Crippen molar-refractivity contribution >= 4 is 11.6 Å². The lowest BCUT2D eigenvalue weighted by atomic mass is 9.85. The second-order valence-corrected chi connectivity index (χ2v) is 7.25. The summed E-state index contributed by atoms with van der Waals surface area (Å²) in [6.07, 6.45) is 7.58. The van der Waals surface area contributed by atoms with Crippen LogP contribution in [0.25, 0.3) is 0 Å². The minimum Gasteiger partial charge on any atom is -0.118 e. The van der Waals surface area contributed by atoms with Gasteiger partial charge in [-0.05, 0) is 78.5 Å². The second-order valence-electron chi connectivity index (χ2n) is 6.78. The smallest absolute Gasteiger partial charge is 0.0618 e. The van der Waals surface area contributed by atoms with Crippen LogP contribution in [0.5, 0.6) is 0 Å². The van der Waals surface area contributed by atoms with Gasteiger partial charge in [0.15, 0.2) is 0 Å². The van der Waals surface area contributed by atoms with Gasteiger partial charge in [-0.3, -0.25) is 0 Å². The molecular formula is C19H27Cl. The quantitative estimate of drug-likeness (QED) is 0.610. The topological polar surface area (TPSA) is 0 Å². The lowest BCUT2D eigenvalue weighted by molar-refractivity contribution is 0.468. The summed E-state index contributed by atoms with van der Waals surface area (Å²) in [5.41, 5.74) is 5.96. The van der Waals surface area contributed by atoms with Crippen LogP contribution < -0.4 is 0 Å². The Balaban J connectivity index is 1.93. The number of hydrogen-bond acceptors (Lipinski definition) is 0. The van der Waals surface area contributed by atoms with E-state index in [2.05, 4.69) is 32.9 Å². The normalized spacial score (nSPS) is 29.3. The van der Waals surface area contributed by atoms with Gasteiger partial charge < -0.3 is 0 Å². The number of hydrogen-bond donors (Lipinski definition) is 0. The summed E-state index contributed by atoms with van der Waals surface area (Å²) in [6, 6.07) is 4.80. The van der Waals surface area contributed by atoms with Gasteiger partial charge in [0, 0.05) is 0 Å². The molecule has 3 unspecified atom stereocenters. The van der Waals surface area contributed by atoms with Crippen LogP contribution in [0.1, 0.15) is 67.7 Å². The number of fused-ring (bicyclic) bond motifs is 1. The number of alkyl halides is 1. The van der Waals surface area contributed by atoms with Crippen molar-refractivity contribution in [2.24, 2.45) is 17.8 Å². The molecule has 0 saturated heterocycles. The first-order valence-electron chi connectivity index (χ1n) is 8.46. The van der Waals surface area contributed by atoms with E-state index >= 15 is 0 Å². The third-order valence-corrected chi connectivity index (χ3v) is 6.13. The van der Waals surface area contributed by atoms with Gasteiger partial charge in [-0.15, -0.1) is 11.6 Å². The van der Waals surface area contributed by atoms with E-state index in [0.717, 1.165) is 37.0 Å². The van der Waals surface area contributed by atoms with Crippen LogP contribution in [0.2, 0.25) is 0 Å². The molecule has 0 radical (unpaired) electrons. The zero-order chi connectivity index (χ0) is 14.3. The molecule has 2 fully saturated rings. The Morgan fingerprint density at radius 3 is 1.95 bits per heavy atom. The molecule has 2 aliphatic rings. The minimum atomic E-state index is 0.249. The van der Waals surface area contributed by atoms with Crippen molar-refractivity contribution in [3.8, 4) is 0 Å². The Hall–Kier alpha value is -0.490. The van der Waals surface area contributed by atoms with Crippen LogP contribution in [0.4, 0.5) is 0 Å². The third kappa shape index (κ3) is 2.52. The molecule has 1 aromatic rings. The summed E-state index contributed by atoms with van der Waals surface area (Å²) in [5.74, 6) is 2.76. The number of rotatable bonds is 5. The summed E-state index contributed by atoms with van der Waals surface area (Å²) in [6.45, 7) is 6.79. The molecule has 1 heteroatoms. The number of aryl methyl sites for hydroxylation is 3.